The van der Waals surface area contributed by atoms with Crippen molar-refractivity contribution in [2.24, 2.45) is 11.8 Å². The third-order valence-corrected chi connectivity index (χ3v) is 3.31. The summed E-state index contributed by atoms with van der Waals surface area (Å²) in [6.07, 6.45) is 5.79. The summed E-state index contributed by atoms with van der Waals surface area (Å²) in [4.78, 5) is 0. The summed E-state index contributed by atoms with van der Waals surface area (Å²) in [6, 6.07) is 0.892. The second-order valence-corrected chi connectivity index (χ2v) is 3.92. The third-order valence-electron chi connectivity index (χ3n) is 3.31. The summed E-state index contributed by atoms with van der Waals surface area (Å²) < 4.78 is 0. The molecule has 0 spiro atoms. The molecule has 0 aromatic heterocycles. The Kier molecular flexibility index (Phi) is 1.69. The van der Waals surface area contributed by atoms with Crippen LogP contribution >= 0.6 is 0 Å². The van der Waals surface area contributed by atoms with Crippen molar-refractivity contribution in [2.75, 3.05) is 6.54 Å². The van der Waals surface area contributed by atoms with Crippen LogP contribution in [-0.4, -0.2) is 12.6 Å². The quantitative estimate of drug-likeness (QED) is 0.539. The van der Waals surface area contributed by atoms with Crippen LogP contribution in [0.1, 0.15) is 32.6 Å². The minimum atomic E-state index is 0.892. The molecule has 1 saturated carbocycles. The van der Waals surface area contributed by atoms with Gasteiger partial charge in [0, 0.05) is 6.04 Å². The summed E-state index contributed by atoms with van der Waals surface area (Å²) in [6.45, 7) is 3.69. The summed E-state index contributed by atoms with van der Waals surface area (Å²) >= 11 is 0. The highest BCUT2D eigenvalue weighted by molar-refractivity contribution is 4.89. The van der Waals surface area contributed by atoms with E-state index in [0.29, 0.717) is 0 Å². The zero-order valence-electron chi connectivity index (χ0n) is 6.77. The molecule has 0 bridgehead atoms. The maximum atomic E-state index is 3.61. The third kappa shape index (κ3) is 0.968. The van der Waals surface area contributed by atoms with E-state index in [0.717, 1.165) is 17.9 Å². The van der Waals surface area contributed by atoms with E-state index in [1.165, 1.54) is 32.2 Å². The fraction of sp³-hybridized carbons (Fsp3) is 1.00. The molecule has 1 aliphatic carbocycles. The topological polar surface area (TPSA) is 12.0 Å². The molecule has 0 aromatic carbocycles. The molecule has 1 nitrogen and oxygen atoms in total. The molecule has 1 aliphatic heterocycles. The van der Waals surface area contributed by atoms with Crippen molar-refractivity contribution >= 4 is 0 Å². The van der Waals surface area contributed by atoms with Gasteiger partial charge < -0.3 is 5.32 Å². The van der Waals surface area contributed by atoms with E-state index in [1.54, 1.807) is 0 Å². The molecule has 1 heteroatoms. The van der Waals surface area contributed by atoms with Crippen LogP contribution in [0.3, 0.4) is 0 Å². The fourth-order valence-electron chi connectivity index (χ4n) is 2.63. The van der Waals surface area contributed by atoms with Gasteiger partial charge in [0.1, 0.15) is 0 Å². The second kappa shape index (κ2) is 2.54. The molecular weight excluding hydrogens is 122 g/mol. The van der Waals surface area contributed by atoms with Gasteiger partial charge in [-0.3, -0.25) is 0 Å². The molecule has 1 saturated heterocycles. The Morgan fingerprint density at radius 2 is 2.10 bits per heavy atom. The molecule has 2 aliphatic rings. The number of fused-ring (bicyclic) bond motifs is 1. The number of hydrogen-bond acceptors (Lipinski definition) is 1. The fourth-order valence-corrected chi connectivity index (χ4v) is 2.63. The molecule has 1 N–H and O–H groups in total. The zero-order valence-corrected chi connectivity index (χ0v) is 6.77. The van der Waals surface area contributed by atoms with Gasteiger partial charge in [-0.15, -0.1) is 0 Å². The van der Waals surface area contributed by atoms with Gasteiger partial charge in [-0.1, -0.05) is 13.3 Å². The molecule has 58 valence electrons. The Morgan fingerprint density at radius 3 is 2.90 bits per heavy atom. The summed E-state index contributed by atoms with van der Waals surface area (Å²) in [5.41, 5.74) is 0. The van der Waals surface area contributed by atoms with Crippen LogP contribution in [0.2, 0.25) is 0 Å². The van der Waals surface area contributed by atoms with Crippen LogP contribution in [0, 0.1) is 11.8 Å². The first-order chi connectivity index (χ1) is 4.88. The number of nitrogens with one attached hydrogen (secondary N) is 1. The van der Waals surface area contributed by atoms with Crippen LogP contribution in [-0.2, 0) is 0 Å². The Balaban J connectivity index is 2.03. The second-order valence-electron chi connectivity index (χ2n) is 3.92. The van der Waals surface area contributed by atoms with Crippen molar-refractivity contribution in [1.29, 1.82) is 0 Å². The summed E-state index contributed by atoms with van der Waals surface area (Å²) in [7, 11) is 0. The van der Waals surface area contributed by atoms with Gasteiger partial charge in [-0.25, -0.2) is 0 Å². The van der Waals surface area contributed by atoms with Gasteiger partial charge in [-0.05, 0) is 37.6 Å². The SMILES string of the molecule is C[C@H]1CCNC2CCCC21. The summed E-state index contributed by atoms with van der Waals surface area (Å²) in [5, 5.41) is 3.61. The van der Waals surface area contributed by atoms with Crippen LogP contribution in [0.5, 0.6) is 0 Å². The van der Waals surface area contributed by atoms with Gasteiger partial charge in [0.15, 0.2) is 0 Å². The van der Waals surface area contributed by atoms with E-state index >= 15 is 0 Å². The van der Waals surface area contributed by atoms with Crippen molar-refractivity contribution < 1.29 is 0 Å². The van der Waals surface area contributed by atoms with E-state index in [4.69, 9.17) is 0 Å². The normalized spacial score (nSPS) is 47.1. The van der Waals surface area contributed by atoms with Crippen LogP contribution < -0.4 is 5.32 Å². The van der Waals surface area contributed by atoms with Crippen molar-refractivity contribution in [3.8, 4) is 0 Å². The minimum Gasteiger partial charge on any atom is -0.314 e. The van der Waals surface area contributed by atoms with Gasteiger partial charge in [0.2, 0.25) is 0 Å². The largest absolute Gasteiger partial charge is 0.314 e. The molecule has 0 aromatic rings. The van der Waals surface area contributed by atoms with E-state index in [2.05, 4.69) is 12.2 Å². The average Bonchev–Trinajstić information content (AvgIpc) is 2.36. The molecule has 2 fully saturated rings. The van der Waals surface area contributed by atoms with Crippen LogP contribution in [0.25, 0.3) is 0 Å². The van der Waals surface area contributed by atoms with Crippen LogP contribution in [0.4, 0.5) is 0 Å². The molecule has 0 amide bonds. The highest BCUT2D eigenvalue weighted by atomic mass is 14.9. The number of rotatable bonds is 0. The van der Waals surface area contributed by atoms with Crippen LogP contribution in [0.15, 0.2) is 0 Å². The first-order valence-corrected chi connectivity index (χ1v) is 4.61. The molecule has 10 heavy (non-hydrogen) atoms. The Bertz CT molecular complexity index is 122. The summed E-state index contributed by atoms with van der Waals surface area (Å²) in [5.74, 6) is 2.02. The molecule has 2 unspecified atom stereocenters. The Morgan fingerprint density at radius 1 is 1.20 bits per heavy atom. The Labute approximate surface area is 63.2 Å². The average molecular weight is 139 g/mol. The molecule has 0 radical (unpaired) electrons. The zero-order chi connectivity index (χ0) is 6.97. The van der Waals surface area contributed by atoms with E-state index in [1.807, 2.05) is 0 Å². The lowest BCUT2D eigenvalue weighted by atomic mass is 9.84. The van der Waals surface area contributed by atoms with Gasteiger partial charge in [0.25, 0.3) is 0 Å². The van der Waals surface area contributed by atoms with Crippen molar-refractivity contribution in [3.63, 3.8) is 0 Å². The van der Waals surface area contributed by atoms with E-state index in [9.17, 15) is 0 Å². The van der Waals surface area contributed by atoms with Crippen molar-refractivity contribution in [2.45, 2.75) is 38.6 Å². The van der Waals surface area contributed by atoms with Gasteiger partial charge in [-0.2, -0.15) is 0 Å². The van der Waals surface area contributed by atoms with Gasteiger partial charge in [0.05, 0.1) is 0 Å². The smallest absolute Gasteiger partial charge is 0.00978 e. The van der Waals surface area contributed by atoms with E-state index < -0.39 is 0 Å². The molecule has 2 rings (SSSR count). The van der Waals surface area contributed by atoms with Crippen molar-refractivity contribution in [3.05, 3.63) is 0 Å². The lowest BCUT2D eigenvalue weighted by Crippen LogP contribution is -2.41. The number of piperidine rings is 1. The predicted molar refractivity (Wildman–Crippen MR) is 42.9 cm³/mol. The first-order valence-electron chi connectivity index (χ1n) is 4.61. The maximum Gasteiger partial charge on any atom is 0.00978 e. The monoisotopic (exact) mass is 139 g/mol. The minimum absolute atomic E-state index is 0.892. The standard InChI is InChI=1S/C9H17N/c1-7-5-6-10-9-4-2-3-8(7)9/h7-10H,2-6H2,1H3/t7-,8?,9?/m0/s1. The molecule has 1 heterocycles. The highest BCUT2D eigenvalue weighted by Gasteiger charge is 2.33. The molecular formula is C9H17N. The van der Waals surface area contributed by atoms with E-state index in [-0.39, 0.29) is 0 Å². The maximum absolute atomic E-state index is 3.61. The first kappa shape index (κ1) is 6.66. The number of hydrogen-bond donors (Lipinski definition) is 1. The predicted octanol–water partition coefficient (Wildman–Crippen LogP) is 1.78. The van der Waals surface area contributed by atoms with Gasteiger partial charge >= 0.3 is 0 Å². The lowest BCUT2D eigenvalue weighted by molar-refractivity contribution is 0.232. The highest BCUT2D eigenvalue weighted by Crippen LogP contribution is 2.35. The van der Waals surface area contributed by atoms with Crippen molar-refractivity contribution in [1.82, 2.24) is 5.32 Å². The lowest BCUT2D eigenvalue weighted by Gasteiger charge is -2.32. The Hall–Kier alpha value is -0.0400. The molecule has 3 atom stereocenters.